The molecule has 3 heterocycles. The van der Waals surface area contributed by atoms with Crippen LogP contribution in [0.2, 0.25) is 5.02 Å². The van der Waals surface area contributed by atoms with E-state index in [1.807, 2.05) is 0 Å². The van der Waals surface area contributed by atoms with Crippen LogP contribution in [-0.4, -0.2) is 42.7 Å². The topological polar surface area (TPSA) is 103 Å². The van der Waals surface area contributed by atoms with Gasteiger partial charge in [-0.15, -0.1) is 0 Å². The summed E-state index contributed by atoms with van der Waals surface area (Å²) < 4.78 is 36.1. The lowest BCUT2D eigenvalue weighted by molar-refractivity contribution is 0.102. The van der Waals surface area contributed by atoms with Crippen LogP contribution in [0.15, 0.2) is 47.1 Å². The van der Waals surface area contributed by atoms with Crippen molar-refractivity contribution in [2.45, 2.75) is 12.5 Å². The van der Waals surface area contributed by atoms with Gasteiger partial charge in [-0.25, -0.2) is 8.42 Å². The van der Waals surface area contributed by atoms with Crippen molar-refractivity contribution in [1.82, 2.24) is 9.78 Å². The summed E-state index contributed by atoms with van der Waals surface area (Å²) in [7, 11) is -1.64. The second kappa shape index (κ2) is 7.57. The molecule has 10 heteroatoms. The molecule has 29 heavy (non-hydrogen) atoms. The summed E-state index contributed by atoms with van der Waals surface area (Å²) in [5.41, 5.74) is 1.07. The molecule has 1 aromatic carbocycles. The Morgan fingerprint density at radius 2 is 2.17 bits per heavy atom. The first kappa shape index (κ1) is 19.5. The number of sulfone groups is 1. The number of furan rings is 1. The Balaban J connectivity index is 1.69. The maximum absolute atomic E-state index is 12.8. The summed E-state index contributed by atoms with van der Waals surface area (Å²) in [6, 6.07) is 9.55. The van der Waals surface area contributed by atoms with Gasteiger partial charge in [0.15, 0.2) is 21.3 Å². The Hall–Kier alpha value is -2.78. The van der Waals surface area contributed by atoms with Crippen molar-refractivity contribution in [3.63, 3.8) is 0 Å². The van der Waals surface area contributed by atoms with Gasteiger partial charge in [-0.2, -0.15) is 5.10 Å². The highest BCUT2D eigenvalue weighted by atomic mass is 35.5. The number of hydrogen-bond donors (Lipinski definition) is 1. The summed E-state index contributed by atoms with van der Waals surface area (Å²) in [4.78, 5) is 12.8. The number of aromatic nitrogens is 2. The number of nitrogens with one attached hydrogen (secondary N) is 1. The molecule has 0 bridgehead atoms. The van der Waals surface area contributed by atoms with E-state index in [2.05, 4.69) is 10.4 Å². The molecule has 3 aromatic rings. The molecule has 1 saturated heterocycles. The molecule has 0 aliphatic carbocycles. The van der Waals surface area contributed by atoms with Gasteiger partial charge in [0, 0.05) is 11.1 Å². The molecule has 8 nitrogen and oxygen atoms in total. The minimum Gasteiger partial charge on any atom is -0.495 e. The predicted molar refractivity (Wildman–Crippen MR) is 108 cm³/mol. The van der Waals surface area contributed by atoms with Crippen molar-refractivity contribution in [1.29, 1.82) is 0 Å². The van der Waals surface area contributed by atoms with Gasteiger partial charge in [0.25, 0.3) is 5.91 Å². The average molecular weight is 436 g/mol. The van der Waals surface area contributed by atoms with Crippen molar-refractivity contribution in [3.05, 3.63) is 53.4 Å². The van der Waals surface area contributed by atoms with Gasteiger partial charge in [-0.05, 0) is 36.8 Å². The second-order valence-electron chi connectivity index (χ2n) is 6.69. The van der Waals surface area contributed by atoms with Crippen LogP contribution in [-0.2, 0) is 9.84 Å². The molecule has 1 N–H and O–H groups in total. The highest BCUT2D eigenvalue weighted by molar-refractivity contribution is 7.91. The molecule has 4 rings (SSSR count). The molecule has 1 unspecified atom stereocenters. The number of hydrogen-bond acceptors (Lipinski definition) is 6. The smallest absolute Gasteiger partial charge is 0.276 e. The van der Waals surface area contributed by atoms with Crippen molar-refractivity contribution < 1.29 is 22.4 Å². The van der Waals surface area contributed by atoms with Crippen molar-refractivity contribution >= 4 is 33.0 Å². The normalized spacial score (nSPS) is 17.9. The van der Waals surface area contributed by atoms with Crippen molar-refractivity contribution in [2.75, 3.05) is 23.9 Å². The molecule has 0 radical (unpaired) electrons. The minimum atomic E-state index is -3.13. The number of ether oxygens (including phenoxy) is 1. The summed E-state index contributed by atoms with van der Waals surface area (Å²) in [5.74, 6) is 0.552. The highest BCUT2D eigenvalue weighted by Crippen LogP contribution is 2.31. The maximum Gasteiger partial charge on any atom is 0.276 e. The number of halogens is 1. The number of carbonyl (C=O) groups excluding carboxylic acids is 1. The van der Waals surface area contributed by atoms with Crippen LogP contribution in [0.5, 0.6) is 5.75 Å². The first-order chi connectivity index (χ1) is 13.9. The highest BCUT2D eigenvalue weighted by Gasteiger charge is 2.32. The molecule has 0 spiro atoms. The van der Waals surface area contributed by atoms with Crippen LogP contribution >= 0.6 is 11.6 Å². The molecule has 1 aliphatic heterocycles. The van der Waals surface area contributed by atoms with Crippen LogP contribution in [0.1, 0.15) is 23.0 Å². The third-order valence-electron chi connectivity index (χ3n) is 4.71. The van der Waals surface area contributed by atoms with Crippen molar-refractivity contribution in [3.8, 4) is 17.2 Å². The summed E-state index contributed by atoms with van der Waals surface area (Å²) >= 11 is 6.02. The van der Waals surface area contributed by atoms with Crippen LogP contribution in [0, 0.1) is 0 Å². The van der Waals surface area contributed by atoms with Gasteiger partial charge < -0.3 is 14.5 Å². The summed E-state index contributed by atoms with van der Waals surface area (Å²) in [5, 5.41) is 7.58. The van der Waals surface area contributed by atoms with E-state index >= 15 is 0 Å². The van der Waals surface area contributed by atoms with E-state index in [4.69, 9.17) is 20.8 Å². The zero-order valence-corrected chi connectivity index (χ0v) is 17.0. The number of amides is 1. The zero-order valence-electron chi connectivity index (χ0n) is 15.5. The molecule has 1 aliphatic rings. The maximum atomic E-state index is 12.8. The van der Waals surface area contributed by atoms with Crippen LogP contribution in [0.3, 0.4) is 0 Å². The Morgan fingerprint density at radius 3 is 2.83 bits per heavy atom. The predicted octanol–water partition coefficient (Wildman–Crippen LogP) is 3.42. The van der Waals surface area contributed by atoms with E-state index in [1.165, 1.54) is 13.4 Å². The molecule has 2 aromatic heterocycles. The summed E-state index contributed by atoms with van der Waals surface area (Å²) in [6.07, 6.45) is 1.94. The monoisotopic (exact) mass is 435 g/mol. The third-order valence-corrected chi connectivity index (χ3v) is 6.69. The lowest BCUT2D eigenvalue weighted by Crippen LogP contribution is -2.16. The average Bonchev–Trinajstić information content (AvgIpc) is 3.40. The Bertz CT molecular complexity index is 1150. The first-order valence-electron chi connectivity index (χ1n) is 8.85. The Labute approximate surface area is 172 Å². The molecular weight excluding hydrogens is 418 g/mol. The molecule has 152 valence electrons. The SMILES string of the molecule is COc1ccc(Cl)cc1NC(=O)c1cc(-c2ccco2)n(C2CCS(=O)(=O)C2)n1. The van der Waals surface area contributed by atoms with Gasteiger partial charge in [-0.1, -0.05) is 11.6 Å². The van der Waals surface area contributed by atoms with E-state index in [0.29, 0.717) is 34.3 Å². The number of rotatable bonds is 5. The zero-order chi connectivity index (χ0) is 20.6. The standard InChI is InChI=1S/C19H18ClN3O5S/c1-27-17-5-4-12(20)9-14(17)21-19(24)15-10-16(18-3-2-7-28-18)23(22-15)13-6-8-29(25,26)11-13/h2-5,7,9-10,13H,6,8,11H2,1H3,(H,21,24). The Morgan fingerprint density at radius 1 is 1.34 bits per heavy atom. The van der Waals surface area contributed by atoms with Gasteiger partial charge in [0.1, 0.15) is 11.4 Å². The third kappa shape index (κ3) is 4.01. The lowest BCUT2D eigenvalue weighted by atomic mass is 10.2. The fourth-order valence-electron chi connectivity index (χ4n) is 3.32. The van der Waals surface area contributed by atoms with Gasteiger partial charge in [0.2, 0.25) is 0 Å². The lowest BCUT2D eigenvalue weighted by Gasteiger charge is -2.12. The van der Waals surface area contributed by atoms with Crippen LogP contribution in [0.25, 0.3) is 11.5 Å². The quantitative estimate of drug-likeness (QED) is 0.658. The van der Waals surface area contributed by atoms with Crippen LogP contribution < -0.4 is 10.1 Å². The van der Waals surface area contributed by atoms with E-state index < -0.39 is 15.7 Å². The Kier molecular flexibility index (Phi) is 5.10. The molecular formula is C19H18ClN3O5S. The minimum absolute atomic E-state index is 0.0223. The first-order valence-corrected chi connectivity index (χ1v) is 11.0. The van der Waals surface area contributed by atoms with Gasteiger partial charge >= 0.3 is 0 Å². The molecule has 1 fully saturated rings. The molecule has 0 saturated carbocycles. The number of carbonyl (C=O) groups is 1. The van der Waals surface area contributed by atoms with E-state index in [1.54, 1.807) is 41.1 Å². The fourth-order valence-corrected chi connectivity index (χ4v) is 5.19. The van der Waals surface area contributed by atoms with E-state index in [-0.39, 0.29) is 23.2 Å². The number of nitrogens with zero attached hydrogens (tertiary/aromatic N) is 2. The number of benzene rings is 1. The van der Waals surface area contributed by atoms with Gasteiger partial charge in [-0.3, -0.25) is 9.48 Å². The summed E-state index contributed by atoms with van der Waals surface area (Å²) in [6.45, 7) is 0. The van der Waals surface area contributed by atoms with E-state index in [9.17, 15) is 13.2 Å². The van der Waals surface area contributed by atoms with Crippen molar-refractivity contribution in [2.24, 2.45) is 0 Å². The fraction of sp³-hybridized carbons (Fsp3) is 0.263. The number of methoxy groups -OCH3 is 1. The molecule has 1 amide bonds. The van der Waals surface area contributed by atoms with E-state index in [0.717, 1.165) is 0 Å². The van der Waals surface area contributed by atoms with Crippen LogP contribution in [0.4, 0.5) is 5.69 Å². The largest absolute Gasteiger partial charge is 0.495 e. The molecule has 1 atom stereocenters. The number of anilines is 1. The second-order valence-corrected chi connectivity index (χ2v) is 9.36. The van der Waals surface area contributed by atoms with Gasteiger partial charge in [0.05, 0.1) is 36.6 Å².